The molecule has 0 spiro atoms. The fraction of sp³-hybridized carbons (Fsp3) is 0.538. The van der Waals surface area contributed by atoms with Gasteiger partial charge in [0.25, 0.3) is 0 Å². The maximum Gasteiger partial charge on any atom is 0.164 e. The van der Waals surface area contributed by atoms with Gasteiger partial charge in [-0.25, -0.2) is 0 Å². The predicted octanol–water partition coefficient (Wildman–Crippen LogP) is 0.932. The van der Waals surface area contributed by atoms with E-state index in [1.54, 1.807) is 21.3 Å². The molecule has 1 unspecified atom stereocenters. The van der Waals surface area contributed by atoms with Gasteiger partial charge in [-0.15, -0.1) is 0 Å². The van der Waals surface area contributed by atoms with Crippen LogP contribution in [0.2, 0.25) is 0 Å². The Morgan fingerprint density at radius 1 is 1.06 bits per heavy atom. The second kappa shape index (κ2) is 5.46. The lowest BCUT2D eigenvalue weighted by molar-refractivity contribution is 0.286. The zero-order chi connectivity index (χ0) is 13.1. The van der Waals surface area contributed by atoms with E-state index in [-0.39, 0.29) is 6.04 Å². The molecule has 0 bridgehead atoms. The molecule has 1 heterocycles. The molecule has 1 aliphatic rings. The number of rotatable bonds is 5. The zero-order valence-corrected chi connectivity index (χ0v) is 11.0. The number of nitrogens with two attached hydrogens (primary N) is 1. The Bertz CT molecular complexity index is 419. The van der Waals surface area contributed by atoms with Gasteiger partial charge in [-0.3, -0.25) is 0 Å². The van der Waals surface area contributed by atoms with E-state index >= 15 is 0 Å². The molecule has 0 aliphatic carbocycles. The molecule has 0 radical (unpaired) electrons. The van der Waals surface area contributed by atoms with Crippen molar-refractivity contribution in [2.24, 2.45) is 11.7 Å². The van der Waals surface area contributed by atoms with Crippen LogP contribution in [0.15, 0.2) is 12.1 Å². The fourth-order valence-corrected chi connectivity index (χ4v) is 2.13. The van der Waals surface area contributed by atoms with Crippen LogP contribution in [0.3, 0.4) is 0 Å². The van der Waals surface area contributed by atoms with Crippen LogP contribution in [0.1, 0.15) is 11.6 Å². The van der Waals surface area contributed by atoms with E-state index in [0.717, 1.165) is 24.4 Å². The number of hydrogen-bond donors (Lipinski definition) is 2. The van der Waals surface area contributed by atoms with Gasteiger partial charge in [0.05, 0.1) is 21.3 Å². The number of nitrogens with one attached hydrogen (secondary N) is 1. The highest BCUT2D eigenvalue weighted by molar-refractivity contribution is 5.52. The Kier molecular flexibility index (Phi) is 3.93. The summed E-state index contributed by atoms with van der Waals surface area (Å²) in [5.74, 6) is 2.51. The smallest absolute Gasteiger partial charge is 0.164 e. The average Bonchev–Trinajstić information content (AvgIpc) is 2.34. The van der Waals surface area contributed by atoms with Crippen LogP contribution in [-0.2, 0) is 0 Å². The summed E-state index contributed by atoms with van der Waals surface area (Å²) in [7, 11) is 4.85. The molecule has 0 aromatic heterocycles. The molecule has 3 N–H and O–H groups in total. The number of benzene rings is 1. The van der Waals surface area contributed by atoms with Crippen LogP contribution in [0.4, 0.5) is 0 Å². The van der Waals surface area contributed by atoms with Crippen LogP contribution in [0.5, 0.6) is 17.2 Å². The Morgan fingerprint density at radius 2 is 1.61 bits per heavy atom. The van der Waals surface area contributed by atoms with Crippen LogP contribution >= 0.6 is 0 Å². The quantitative estimate of drug-likeness (QED) is 0.816. The summed E-state index contributed by atoms with van der Waals surface area (Å²) in [4.78, 5) is 0. The molecular weight excluding hydrogens is 232 g/mol. The summed E-state index contributed by atoms with van der Waals surface area (Å²) in [6, 6.07) is 3.67. The minimum Gasteiger partial charge on any atom is -0.496 e. The minimum atomic E-state index is -0.0546. The van der Waals surface area contributed by atoms with Crippen molar-refractivity contribution in [3.05, 3.63) is 17.7 Å². The van der Waals surface area contributed by atoms with Crippen molar-refractivity contribution in [2.75, 3.05) is 34.4 Å². The lowest BCUT2D eigenvalue weighted by Gasteiger charge is -2.33. The first-order chi connectivity index (χ1) is 8.71. The summed E-state index contributed by atoms with van der Waals surface area (Å²) in [5, 5.41) is 3.22. The van der Waals surface area contributed by atoms with Gasteiger partial charge in [-0.2, -0.15) is 0 Å². The maximum atomic E-state index is 6.28. The summed E-state index contributed by atoms with van der Waals surface area (Å²) < 4.78 is 16.0. The van der Waals surface area contributed by atoms with E-state index in [9.17, 15) is 0 Å². The molecule has 2 rings (SSSR count). The van der Waals surface area contributed by atoms with Crippen molar-refractivity contribution in [3.63, 3.8) is 0 Å². The van der Waals surface area contributed by atoms with Crippen LogP contribution in [0, 0.1) is 5.92 Å². The van der Waals surface area contributed by atoms with E-state index in [1.807, 2.05) is 12.1 Å². The lowest BCUT2D eigenvalue weighted by atomic mass is 9.88. The number of hydrogen-bond acceptors (Lipinski definition) is 5. The van der Waals surface area contributed by atoms with E-state index < -0.39 is 0 Å². The van der Waals surface area contributed by atoms with Gasteiger partial charge in [0.1, 0.15) is 5.75 Å². The molecule has 5 nitrogen and oxygen atoms in total. The van der Waals surface area contributed by atoms with Crippen molar-refractivity contribution in [1.82, 2.24) is 5.32 Å². The van der Waals surface area contributed by atoms with Gasteiger partial charge in [0.2, 0.25) is 0 Å². The number of methoxy groups -OCH3 is 3. The van der Waals surface area contributed by atoms with Crippen molar-refractivity contribution >= 4 is 0 Å². The molecule has 1 aliphatic heterocycles. The Morgan fingerprint density at radius 3 is 2.06 bits per heavy atom. The molecule has 18 heavy (non-hydrogen) atoms. The molecule has 1 aromatic rings. The Hall–Kier alpha value is -1.46. The Labute approximate surface area is 107 Å². The monoisotopic (exact) mass is 252 g/mol. The van der Waals surface area contributed by atoms with Crippen LogP contribution in [-0.4, -0.2) is 34.4 Å². The van der Waals surface area contributed by atoms with E-state index in [4.69, 9.17) is 19.9 Å². The number of ether oxygens (including phenoxy) is 3. The maximum absolute atomic E-state index is 6.28. The van der Waals surface area contributed by atoms with Gasteiger partial charge >= 0.3 is 0 Å². The van der Waals surface area contributed by atoms with Crippen LogP contribution < -0.4 is 25.3 Å². The molecule has 0 amide bonds. The largest absolute Gasteiger partial charge is 0.496 e. The third-order valence-corrected chi connectivity index (χ3v) is 3.42. The average molecular weight is 252 g/mol. The second-order valence-corrected chi connectivity index (χ2v) is 4.39. The molecule has 1 atom stereocenters. The molecule has 5 heteroatoms. The lowest BCUT2D eigenvalue weighted by Crippen LogP contribution is -2.47. The van der Waals surface area contributed by atoms with Gasteiger partial charge in [0.15, 0.2) is 11.5 Å². The molecule has 1 saturated heterocycles. The first-order valence-electron chi connectivity index (χ1n) is 5.97. The van der Waals surface area contributed by atoms with E-state index in [2.05, 4.69) is 5.32 Å². The first kappa shape index (κ1) is 13.0. The van der Waals surface area contributed by atoms with E-state index in [0.29, 0.717) is 17.4 Å². The van der Waals surface area contributed by atoms with Crippen molar-refractivity contribution < 1.29 is 14.2 Å². The summed E-state index contributed by atoms with van der Waals surface area (Å²) >= 11 is 0. The Balaban J connectivity index is 2.37. The molecular formula is C13H20N2O3. The van der Waals surface area contributed by atoms with Crippen molar-refractivity contribution in [3.8, 4) is 17.2 Å². The third-order valence-electron chi connectivity index (χ3n) is 3.42. The normalized spacial score (nSPS) is 16.9. The fourth-order valence-electron chi connectivity index (χ4n) is 2.13. The van der Waals surface area contributed by atoms with Crippen molar-refractivity contribution in [1.29, 1.82) is 0 Å². The highest BCUT2D eigenvalue weighted by Gasteiger charge is 2.28. The first-order valence-corrected chi connectivity index (χ1v) is 5.97. The van der Waals surface area contributed by atoms with Gasteiger partial charge in [-0.1, -0.05) is 0 Å². The van der Waals surface area contributed by atoms with Crippen LogP contribution in [0.25, 0.3) is 0 Å². The van der Waals surface area contributed by atoms with E-state index in [1.165, 1.54) is 0 Å². The third kappa shape index (κ3) is 2.23. The predicted molar refractivity (Wildman–Crippen MR) is 69.4 cm³/mol. The summed E-state index contributed by atoms with van der Waals surface area (Å²) in [6.07, 6.45) is 0. The van der Waals surface area contributed by atoms with Gasteiger partial charge < -0.3 is 25.3 Å². The summed E-state index contributed by atoms with van der Waals surface area (Å²) in [6.45, 7) is 1.89. The van der Waals surface area contributed by atoms with Gasteiger partial charge in [0, 0.05) is 36.7 Å². The second-order valence-electron chi connectivity index (χ2n) is 4.39. The standard InChI is InChI=1S/C13H20N2O3/c1-16-10-5-12(18-3)11(17-2)4-9(10)13(14)8-6-15-7-8/h4-5,8,13,15H,6-7,14H2,1-3H3. The minimum absolute atomic E-state index is 0.0546. The zero-order valence-electron chi connectivity index (χ0n) is 11.0. The van der Waals surface area contributed by atoms with Crippen molar-refractivity contribution in [2.45, 2.75) is 6.04 Å². The molecule has 0 saturated carbocycles. The van der Waals surface area contributed by atoms with Gasteiger partial charge in [-0.05, 0) is 6.07 Å². The highest BCUT2D eigenvalue weighted by Crippen LogP contribution is 2.39. The summed E-state index contributed by atoms with van der Waals surface area (Å²) in [5.41, 5.74) is 7.24. The highest BCUT2D eigenvalue weighted by atomic mass is 16.5. The molecule has 1 fully saturated rings. The topological polar surface area (TPSA) is 65.7 Å². The molecule has 1 aromatic carbocycles. The molecule has 100 valence electrons. The SMILES string of the molecule is COc1cc(OC)c(C(N)C2CNC2)cc1OC.